The summed E-state index contributed by atoms with van der Waals surface area (Å²) in [6, 6.07) is 0. The van der Waals surface area contributed by atoms with Gasteiger partial charge in [-0.2, -0.15) is 70.2 Å². The molecule has 0 aromatic carbocycles. The molecule has 22 heteroatoms. The normalized spacial score (nSPS) is 15.1. The molecule has 0 spiro atoms. The topological polar surface area (TPSA) is 66.4 Å². The fraction of sp³-hybridized carbons (Fsp3) is 1.00. The van der Waals surface area contributed by atoms with E-state index >= 15 is 0 Å². The lowest BCUT2D eigenvalue weighted by atomic mass is 9.88. The largest absolute Gasteiger partial charge is 0.390 e. The van der Waals surface area contributed by atoms with Gasteiger partial charge in [0, 0.05) is 7.11 Å². The van der Waals surface area contributed by atoms with Gasteiger partial charge in [0.15, 0.2) is 0 Å². The zero-order valence-corrected chi connectivity index (χ0v) is 20.6. The van der Waals surface area contributed by atoms with Gasteiger partial charge >= 0.3 is 47.4 Å². The molecule has 0 unspecified atom stereocenters. The fourth-order valence-electron chi connectivity index (χ4n) is 2.44. The van der Waals surface area contributed by atoms with Crippen molar-refractivity contribution < 1.29 is 99.0 Å². The van der Waals surface area contributed by atoms with E-state index in [9.17, 15) is 70.2 Å². The van der Waals surface area contributed by atoms with E-state index in [4.69, 9.17) is 19.3 Å². The maximum atomic E-state index is 13.8. The van der Waals surface area contributed by atoms with Gasteiger partial charge in [0.25, 0.3) is 0 Å². The smallest absolute Gasteiger partial charge is 0.385 e. The Hall–Kier alpha value is -1.36. The highest BCUT2D eigenvalue weighted by atomic mass is 19.4. The third-order valence-electron chi connectivity index (χ3n) is 4.92. The molecule has 0 aliphatic rings. The average molecular weight is 652 g/mol. The number of rotatable bonds is 22. The summed E-state index contributed by atoms with van der Waals surface area (Å²) in [5.41, 5.74) is 0. The van der Waals surface area contributed by atoms with Crippen molar-refractivity contribution in [3.05, 3.63) is 0 Å². The molecule has 0 radical (unpaired) electrons. The number of ether oxygens (including phenoxy) is 5. The first kappa shape index (κ1) is 39.6. The number of aliphatic hydroxyl groups excluding tert-OH is 1. The summed E-state index contributed by atoms with van der Waals surface area (Å²) in [6.07, 6.45) is 0. The summed E-state index contributed by atoms with van der Waals surface area (Å²) in [7, 11) is 1.43. The number of halogens is 16. The molecule has 0 saturated carbocycles. The standard InChI is InChI=1S/C19H24F16O6/c1-37-2-3-38-4-5-39-6-7-40-8-9-41-11-13(22,23)15(26,27)17(30,31)19(34,35)18(32,33)16(28,29)14(24,25)12(20,21)10-36/h36H,2-11H2,1H3. The van der Waals surface area contributed by atoms with Crippen LogP contribution >= 0.6 is 0 Å². The van der Waals surface area contributed by atoms with Gasteiger partial charge in [-0.05, 0) is 0 Å². The minimum absolute atomic E-state index is 0.0657. The van der Waals surface area contributed by atoms with Gasteiger partial charge in [0.1, 0.15) is 13.2 Å². The first-order chi connectivity index (χ1) is 18.4. The molecule has 41 heavy (non-hydrogen) atoms. The van der Waals surface area contributed by atoms with E-state index in [1.165, 1.54) is 7.11 Å². The summed E-state index contributed by atoms with van der Waals surface area (Å²) < 4.78 is 239. The van der Waals surface area contributed by atoms with Crippen LogP contribution in [0.3, 0.4) is 0 Å². The van der Waals surface area contributed by atoms with E-state index < -0.39 is 73.8 Å². The highest BCUT2D eigenvalue weighted by Gasteiger charge is 2.94. The second-order valence-corrected chi connectivity index (χ2v) is 7.90. The third kappa shape index (κ3) is 7.98. The highest BCUT2D eigenvalue weighted by molar-refractivity contribution is 5.15. The van der Waals surface area contributed by atoms with Crippen LogP contribution in [0.25, 0.3) is 0 Å². The van der Waals surface area contributed by atoms with Crippen LogP contribution in [0.4, 0.5) is 70.2 Å². The van der Waals surface area contributed by atoms with Crippen LogP contribution in [0.15, 0.2) is 0 Å². The van der Waals surface area contributed by atoms with Crippen LogP contribution in [0, 0.1) is 0 Å². The van der Waals surface area contributed by atoms with Crippen molar-refractivity contribution in [1.29, 1.82) is 0 Å². The van der Waals surface area contributed by atoms with Crippen LogP contribution in [-0.4, -0.2) is 126 Å². The predicted octanol–water partition coefficient (Wildman–Crippen LogP) is 4.77. The van der Waals surface area contributed by atoms with Crippen LogP contribution in [0.2, 0.25) is 0 Å². The van der Waals surface area contributed by atoms with Crippen molar-refractivity contribution in [2.75, 3.05) is 73.2 Å². The summed E-state index contributed by atoms with van der Waals surface area (Å²) >= 11 is 0. The Morgan fingerprint density at radius 3 is 0.976 bits per heavy atom. The molecule has 1 N–H and O–H groups in total. The van der Waals surface area contributed by atoms with Gasteiger partial charge in [-0.25, -0.2) is 0 Å². The van der Waals surface area contributed by atoms with E-state index in [1.54, 1.807) is 0 Å². The molecule has 0 aromatic rings. The Balaban J connectivity index is 5.30. The van der Waals surface area contributed by atoms with Crippen molar-refractivity contribution in [2.24, 2.45) is 0 Å². The number of aliphatic hydroxyl groups is 1. The number of hydrogen-bond acceptors (Lipinski definition) is 6. The van der Waals surface area contributed by atoms with Crippen molar-refractivity contribution >= 4 is 0 Å². The summed E-state index contributed by atoms with van der Waals surface area (Å²) in [6.45, 7) is -7.88. The van der Waals surface area contributed by atoms with Gasteiger partial charge in [0.2, 0.25) is 0 Å². The molecule has 248 valence electrons. The van der Waals surface area contributed by atoms with E-state index in [0.29, 0.717) is 6.61 Å². The molecular formula is C19H24F16O6. The SMILES string of the molecule is COCCOCCOCCOCCOCC(F)(F)C(F)(F)C(F)(F)C(F)(F)C(F)(F)C(F)(F)C(F)(F)C(F)(F)CO. The van der Waals surface area contributed by atoms with Gasteiger partial charge < -0.3 is 28.8 Å². The third-order valence-corrected chi connectivity index (χ3v) is 4.92. The molecule has 0 rings (SSSR count). The van der Waals surface area contributed by atoms with Crippen LogP contribution < -0.4 is 0 Å². The highest BCUT2D eigenvalue weighted by Crippen LogP contribution is 2.63. The molecule has 0 atom stereocenters. The van der Waals surface area contributed by atoms with Crippen molar-refractivity contribution in [3.63, 3.8) is 0 Å². The van der Waals surface area contributed by atoms with E-state index in [1.807, 2.05) is 0 Å². The van der Waals surface area contributed by atoms with E-state index in [2.05, 4.69) is 9.47 Å². The Labute approximate surface area is 220 Å². The second kappa shape index (κ2) is 14.4. The molecule has 0 heterocycles. The van der Waals surface area contributed by atoms with Crippen LogP contribution in [0.1, 0.15) is 0 Å². The quantitative estimate of drug-likeness (QED) is 0.134. The first-order valence-electron chi connectivity index (χ1n) is 10.8. The lowest BCUT2D eigenvalue weighted by Gasteiger charge is -2.43. The first-order valence-corrected chi connectivity index (χ1v) is 10.8. The minimum Gasteiger partial charge on any atom is -0.390 e. The molecule has 0 saturated heterocycles. The monoisotopic (exact) mass is 652 g/mol. The summed E-state index contributed by atoms with van der Waals surface area (Å²) in [5.74, 6) is -62.4. The summed E-state index contributed by atoms with van der Waals surface area (Å²) in [5, 5.41) is 7.98. The maximum absolute atomic E-state index is 13.8. The predicted molar refractivity (Wildman–Crippen MR) is 102 cm³/mol. The lowest BCUT2D eigenvalue weighted by Crippen LogP contribution is -2.75. The number of methoxy groups -OCH3 is 1. The molecule has 0 aliphatic carbocycles. The van der Waals surface area contributed by atoms with Crippen LogP contribution in [-0.2, 0) is 23.7 Å². The molecule has 6 nitrogen and oxygen atoms in total. The lowest BCUT2D eigenvalue weighted by molar-refractivity contribution is -0.455. The second-order valence-electron chi connectivity index (χ2n) is 7.90. The zero-order valence-electron chi connectivity index (χ0n) is 20.6. The molecule has 0 amide bonds. The minimum atomic E-state index is -8.53. The Morgan fingerprint density at radius 1 is 0.390 bits per heavy atom. The Kier molecular flexibility index (Phi) is 13.9. The van der Waals surface area contributed by atoms with E-state index in [0.717, 1.165) is 0 Å². The van der Waals surface area contributed by atoms with Gasteiger partial charge in [-0.1, -0.05) is 0 Å². The van der Waals surface area contributed by atoms with E-state index in [-0.39, 0.29) is 33.0 Å². The van der Waals surface area contributed by atoms with Gasteiger partial charge in [-0.3, -0.25) is 0 Å². The zero-order chi connectivity index (χ0) is 32.6. The fourth-order valence-corrected chi connectivity index (χ4v) is 2.44. The Morgan fingerprint density at radius 2 is 0.659 bits per heavy atom. The number of hydrogen-bond donors (Lipinski definition) is 1. The Bertz CT molecular complexity index is 781. The average Bonchev–Trinajstić information content (AvgIpc) is 2.85. The van der Waals surface area contributed by atoms with Gasteiger partial charge in [0.05, 0.1) is 52.9 Å². The molecule has 0 bridgehead atoms. The molecular weight excluding hydrogens is 628 g/mol. The molecule has 0 aliphatic heterocycles. The molecule has 0 fully saturated rings. The summed E-state index contributed by atoms with van der Waals surface area (Å²) in [4.78, 5) is 0. The van der Waals surface area contributed by atoms with Crippen molar-refractivity contribution in [1.82, 2.24) is 0 Å². The van der Waals surface area contributed by atoms with Crippen molar-refractivity contribution in [3.8, 4) is 0 Å². The van der Waals surface area contributed by atoms with Gasteiger partial charge in [-0.15, -0.1) is 0 Å². The van der Waals surface area contributed by atoms with Crippen LogP contribution in [0.5, 0.6) is 0 Å². The maximum Gasteiger partial charge on any atom is 0.385 e. The number of alkyl halides is 16. The van der Waals surface area contributed by atoms with Crippen molar-refractivity contribution in [2.45, 2.75) is 47.4 Å². The molecule has 0 aromatic heterocycles.